The molecule has 3 aliphatic rings. The molecule has 1 aromatic heterocycles. The molecule has 0 aliphatic carbocycles. The molecule has 0 radical (unpaired) electrons. The Morgan fingerprint density at radius 2 is 1.13 bits per heavy atom. The van der Waals surface area contributed by atoms with Crippen molar-refractivity contribution in [1.29, 1.82) is 0 Å². The highest BCUT2D eigenvalue weighted by atomic mass is 32.3. The molecule has 0 spiro atoms. The van der Waals surface area contributed by atoms with E-state index in [1.807, 2.05) is 0 Å². The van der Waals surface area contributed by atoms with Gasteiger partial charge in [0.05, 0.1) is 16.7 Å². The van der Waals surface area contributed by atoms with Crippen LogP contribution in [0.3, 0.4) is 0 Å². The number of hydrogen-bond acceptors (Lipinski definition) is 3. The second kappa shape index (κ2) is 13.0. The molecule has 9 aromatic carbocycles. The van der Waals surface area contributed by atoms with Crippen molar-refractivity contribution >= 4 is 60.6 Å². The van der Waals surface area contributed by atoms with Crippen molar-refractivity contribution in [3.05, 3.63) is 211 Å². The van der Waals surface area contributed by atoms with Gasteiger partial charge in [-0.25, -0.2) is 0 Å². The minimum Gasteiger partial charge on any atom is -0.458 e. The minimum absolute atomic E-state index is 0.123. The first-order valence-electron chi connectivity index (χ1n) is 20.9. The number of ether oxygens (including phenoxy) is 2. The topological polar surface area (TPSA) is 49.4 Å². The van der Waals surface area contributed by atoms with Gasteiger partial charge in [0.15, 0.2) is 0 Å². The molecular weight excluding hydrogens is 763 g/mol. The quantitative estimate of drug-likeness (QED) is 0.140. The van der Waals surface area contributed by atoms with E-state index in [0.717, 1.165) is 72.3 Å². The summed E-state index contributed by atoms with van der Waals surface area (Å²) in [5.41, 5.74) is 19.3. The Kier molecular flexibility index (Phi) is 7.37. The predicted octanol–water partition coefficient (Wildman–Crippen LogP) is 12.0. The summed E-state index contributed by atoms with van der Waals surface area (Å²) in [5.74, 6) is 3.35. The number of benzene rings is 9. The van der Waals surface area contributed by atoms with Crippen LogP contribution in [-0.4, -0.2) is 11.3 Å². The second-order valence-electron chi connectivity index (χ2n) is 16.2. The highest BCUT2D eigenvalue weighted by Gasteiger charge is 2.45. The Balaban J connectivity index is 1.26. The number of nitrogens with zero attached hydrogens (tertiary/aromatic N) is 1. The third-order valence-corrected chi connectivity index (χ3v) is 16.9. The molecule has 13 rings (SSSR count). The van der Waals surface area contributed by atoms with Crippen molar-refractivity contribution in [2.75, 3.05) is 5.73 Å². The Labute approximate surface area is 355 Å². The van der Waals surface area contributed by atoms with E-state index in [9.17, 15) is 0 Å². The molecule has 0 saturated carbocycles. The third kappa shape index (κ3) is 4.79. The molecule has 3 aliphatic heterocycles. The Morgan fingerprint density at radius 1 is 0.508 bits per heavy atom. The summed E-state index contributed by atoms with van der Waals surface area (Å²) in [5, 5.41) is 2.40. The SMILES string of the molecule is Nc1cccc2c1-c1ccccc1Cc1cccc3c4ccccc4n(c13)-c1cc3c4c(c1)Oc1c(cccc1S2(c1ccccc1)c1ccccc1)B4c1ccccc1O3. The molecule has 61 heavy (non-hydrogen) atoms. The second-order valence-corrected chi connectivity index (χ2v) is 19.2. The highest BCUT2D eigenvalue weighted by Crippen LogP contribution is 2.77. The molecule has 0 fully saturated rings. The highest BCUT2D eigenvalue weighted by molar-refractivity contribution is 8.34. The van der Waals surface area contributed by atoms with E-state index in [0.29, 0.717) is 6.42 Å². The fraction of sp³-hybridized carbons (Fsp3) is 0.0182. The standard InChI is InChI=1S/C55H37BN2O2S/c57-45-27-15-30-50-52(45)40-22-8-7-16-35(40)32-36-17-13-24-42-41-23-9-11-28-46(41)58(54(36)42)37-33-48-53-49(34-37)60-55-44(56(53)43-25-10-12-29-47(43)59-48)26-14-31-51(55)61(50,38-18-3-1-4-19-38)39-20-5-2-6-21-39/h1-31,33-34H,32,57H2. The monoisotopic (exact) mass is 800 g/mol. The van der Waals surface area contributed by atoms with Crippen molar-refractivity contribution in [3.8, 4) is 39.8 Å². The average molecular weight is 801 g/mol. The van der Waals surface area contributed by atoms with Crippen molar-refractivity contribution < 1.29 is 9.47 Å². The van der Waals surface area contributed by atoms with Gasteiger partial charge in [0.25, 0.3) is 6.71 Å². The summed E-state index contributed by atoms with van der Waals surface area (Å²) >= 11 is 0. The maximum Gasteiger partial charge on any atom is 0.260 e. The summed E-state index contributed by atoms with van der Waals surface area (Å²) < 4.78 is 17.0. The molecule has 6 heteroatoms. The van der Waals surface area contributed by atoms with E-state index >= 15 is 0 Å². The largest absolute Gasteiger partial charge is 0.458 e. The molecule has 0 atom stereocenters. The number of anilines is 1. The summed E-state index contributed by atoms with van der Waals surface area (Å²) in [6.45, 7) is -0.123. The van der Waals surface area contributed by atoms with Crippen LogP contribution in [0.1, 0.15) is 11.1 Å². The summed E-state index contributed by atoms with van der Waals surface area (Å²) in [6.07, 6.45) is 0.692. The number of fused-ring (bicyclic) bond motifs is 11. The van der Waals surface area contributed by atoms with Gasteiger partial charge < -0.3 is 19.8 Å². The van der Waals surface area contributed by atoms with Gasteiger partial charge in [0.2, 0.25) is 0 Å². The lowest BCUT2D eigenvalue weighted by Gasteiger charge is -2.45. The van der Waals surface area contributed by atoms with Crippen molar-refractivity contribution in [2.45, 2.75) is 26.0 Å². The van der Waals surface area contributed by atoms with E-state index in [1.165, 1.54) is 42.1 Å². The molecule has 4 heterocycles. The van der Waals surface area contributed by atoms with Gasteiger partial charge in [-0.05, 0) is 82.2 Å². The summed E-state index contributed by atoms with van der Waals surface area (Å²) in [7, 11) is -2.34. The molecule has 2 N–H and O–H groups in total. The normalized spacial score (nSPS) is 14.5. The van der Waals surface area contributed by atoms with Gasteiger partial charge in [-0.2, -0.15) is 0 Å². The maximum absolute atomic E-state index is 7.62. The van der Waals surface area contributed by atoms with Gasteiger partial charge >= 0.3 is 0 Å². The molecule has 0 unspecified atom stereocenters. The maximum atomic E-state index is 7.62. The van der Waals surface area contributed by atoms with E-state index in [-0.39, 0.29) is 6.71 Å². The Hall–Kier alpha value is -7.41. The van der Waals surface area contributed by atoms with E-state index in [1.54, 1.807) is 0 Å². The molecule has 10 aromatic rings. The zero-order valence-corrected chi connectivity index (χ0v) is 33.9. The van der Waals surface area contributed by atoms with Gasteiger partial charge in [0, 0.05) is 65.6 Å². The molecular formula is C55H37BN2O2S. The fourth-order valence-electron chi connectivity index (χ4n) is 10.5. The molecule has 3 bridgehead atoms. The molecule has 4 nitrogen and oxygen atoms in total. The lowest BCUT2D eigenvalue weighted by molar-refractivity contribution is 0.457. The van der Waals surface area contributed by atoms with E-state index in [2.05, 4.69) is 205 Å². The van der Waals surface area contributed by atoms with Crippen molar-refractivity contribution in [1.82, 2.24) is 4.57 Å². The number of para-hydroxylation sites is 4. The molecule has 0 amide bonds. The molecule has 0 saturated heterocycles. The van der Waals surface area contributed by atoms with Crippen LogP contribution >= 0.6 is 10.0 Å². The number of nitrogens with two attached hydrogens (primary N) is 1. The van der Waals surface area contributed by atoms with E-state index < -0.39 is 10.0 Å². The smallest absolute Gasteiger partial charge is 0.260 e. The van der Waals surface area contributed by atoms with Crippen LogP contribution in [0.2, 0.25) is 0 Å². The van der Waals surface area contributed by atoms with Gasteiger partial charge in [-0.3, -0.25) is 0 Å². The Morgan fingerprint density at radius 3 is 1.97 bits per heavy atom. The fourth-order valence-corrected chi connectivity index (χ4v) is 14.7. The van der Waals surface area contributed by atoms with Crippen molar-refractivity contribution in [2.24, 2.45) is 0 Å². The zero-order chi connectivity index (χ0) is 40.2. The van der Waals surface area contributed by atoms with Crippen LogP contribution in [-0.2, 0) is 6.42 Å². The number of aromatic nitrogens is 1. The molecule has 288 valence electrons. The number of nitrogen functional groups attached to an aromatic ring is 1. The Bertz CT molecular complexity index is 3400. The van der Waals surface area contributed by atoms with E-state index in [4.69, 9.17) is 15.2 Å². The summed E-state index contributed by atoms with van der Waals surface area (Å²) in [4.78, 5) is 4.70. The van der Waals surface area contributed by atoms with Gasteiger partial charge in [-0.15, -0.1) is 10.0 Å². The number of rotatable bonds is 2. The van der Waals surface area contributed by atoms with Crippen LogP contribution in [0.4, 0.5) is 5.69 Å². The average Bonchev–Trinajstić information content (AvgIpc) is 3.65. The minimum atomic E-state index is -2.34. The first-order chi connectivity index (χ1) is 30.2. The van der Waals surface area contributed by atoms with Crippen LogP contribution in [0, 0.1) is 0 Å². The van der Waals surface area contributed by atoms with Crippen molar-refractivity contribution in [3.63, 3.8) is 0 Å². The van der Waals surface area contributed by atoms with Crippen LogP contribution in [0.5, 0.6) is 23.0 Å². The predicted molar refractivity (Wildman–Crippen MR) is 251 cm³/mol. The van der Waals surface area contributed by atoms with Crippen LogP contribution in [0.25, 0.3) is 38.6 Å². The van der Waals surface area contributed by atoms with Crippen LogP contribution < -0.4 is 31.6 Å². The first kappa shape index (κ1) is 34.5. The summed E-state index contributed by atoms with van der Waals surface area (Å²) in [6, 6.07) is 72.7. The number of hydrogen-bond donors (Lipinski definition) is 1. The van der Waals surface area contributed by atoms with Crippen LogP contribution in [0.15, 0.2) is 220 Å². The first-order valence-corrected chi connectivity index (χ1v) is 22.5. The third-order valence-electron chi connectivity index (χ3n) is 13.0. The zero-order valence-electron chi connectivity index (χ0n) is 33.1. The lowest BCUT2D eigenvalue weighted by Crippen LogP contribution is -2.57. The van der Waals surface area contributed by atoms with Gasteiger partial charge in [0.1, 0.15) is 23.0 Å². The van der Waals surface area contributed by atoms with Gasteiger partial charge in [-0.1, -0.05) is 133 Å². The lowest BCUT2D eigenvalue weighted by atomic mass is 9.35.